The van der Waals surface area contributed by atoms with Crippen LogP contribution in [0.3, 0.4) is 0 Å². The molecule has 0 aliphatic heterocycles. The van der Waals surface area contributed by atoms with E-state index in [0.29, 0.717) is 6.04 Å². The molecule has 1 aliphatic carbocycles. The van der Waals surface area contributed by atoms with E-state index in [9.17, 15) is 0 Å². The number of hydrogen-bond acceptors (Lipinski definition) is 3. The van der Waals surface area contributed by atoms with Crippen molar-refractivity contribution in [1.29, 1.82) is 0 Å². The molecule has 0 bridgehead atoms. The van der Waals surface area contributed by atoms with Crippen molar-refractivity contribution in [2.24, 2.45) is 5.92 Å². The van der Waals surface area contributed by atoms with Gasteiger partial charge in [0.2, 0.25) is 0 Å². The van der Waals surface area contributed by atoms with Crippen molar-refractivity contribution in [3.63, 3.8) is 0 Å². The molecular weight excluding hydrogens is 330 g/mol. The lowest BCUT2D eigenvalue weighted by Crippen LogP contribution is -2.23. The highest BCUT2D eigenvalue weighted by molar-refractivity contribution is 9.10. The highest BCUT2D eigenvalue weighted by Crippen LogP contribution is 2.42. The van der Waals surface area contributed by atoms with Gasteiger partial charge in [0.25, 0.3) is 0 Å². The number of ether oxygens (including phenoxy) is 2. The predicted molar refractivity (Wildman–Crippen MR) is 90.2 cm³/mol. The Bertz CT molecular complexity index is 458. The Hall–Kier alpha value is -0.740. The first-order valence-corrected chi connectivity index (χ1v) is 8.64. The van der Waals surface area contributed by atoms with E-state index in [1.165, 1.54) is 37.7 Å². The van der Waals surface area contributed by atoms with Crippen LogP contribution >= 0.6 is 15.9 Å². The molecule has 0 heterocycles. The molecule has 1 aromatic carbocycles. The average molecular weight is 356 g/mol. The van der Waals surface area contributed by atoms with Crippen LogP contribution in [0.2, 0.25) is 0 Å². The summed E-state index contributed by atoms with van der Waals surface area (Å²) in [7, 11) is 3.40. The maximum Gasteiger partial charge on any atom is 0.141 e. The van der Waals surface area contributed by atoms with Gasteiger partial charge in [-0.2, -0.15) is 0 Å². The van der Waals surface area contributed by atoms with Gasteiger partial charge < -0.3 is 14.8 Å². The number of benzene rings is 1. The smallest absolute Gasteiger partial charge is 0.141 e. The van der Waals surface area contributed by atoms with Crippen molar-refractivity contribution in [3.05, 3.63) is 22.2 Å². The fourth-order valence-corrected chi connectivity index (χ4v) is 4.02. The highest BCUT2D eigenvalue weighted by Gasteiger charge is 2.24. The molecule has 0 saturated heterocycles. The Labute approximate surface area is 136 Å². The Morgan fingerprint density at radius 2 is 1.95 bits per heavy atom. The fourth-order valence-electron chi connectivity index (χ4n) is 3.34. The third-order valence-electron chi connectivity index (χ3n) is 4.39. The SMILES string of the molecule is CCNC(CC1CCCC1)c1ccc(OC)c(Br)c1OC. The molecule has 1 saturated carbocycles. The molecule has 1 N–H and O–H groups in total. The summed E-state index contributed by atoms with van der Waals surface area (Å²) in [5.41, 5.74) is 1.22. The minimum absolute atomic E-state index is 0.343. The monoisotopic (exact) mass is 355 g/mol. The molecule has 4 heteroatoms. The summed E-state index contributed by atoms with van der Waals surface area (Å²) in [6, 6.07) is 4.49. The molecule has 2 rings (SSSR count). The summed E-state index contributed by atoms with van der Waals surface area (Å²) in [4.78, 5) is 0. The van der Waals surface area contributed by atoms with Gasteiger partial charge in [-0.05, 0) is 46.9 Å². The van der Waals surface area contributed by atoms with Crippen molar-refractivity contribution >= 4 is 15.9 Å². The maximum atomic E-state index is 5.64. The number of halogens is 1. The number of nitrogens with one attached hydrogen (secondary N) is 1. The van der Waals surface area contributed by atoms with E-state index in [1.807, 2.05) is 6.07 Å². The van der Waals surface area contributed by atoms with Gasteiger partial charge in [-0.15, -0.1) is 0 Å². The fraction of sp³-hybridized carbons (Fsp3) is 0.647. The van der Waals surface area contributed by atoms with Crippen LogP contribution in [0.1, 0.15) is 50.6 Å². The maximum absolute atomic E-state index is 5.64. The second-order valence-corrected chi connectivity index (χ2v) is 6.49. The summed E-state index contributed by atoms with van der Waals surface area (Å²) >= 11 is 3.61. The summed E-state index contributed by atoms with van der Waals surface area (Å²) < 4.78 is 11.9. The minimum atomic E-state index is 0.343. The standard InChI is InChI=1S/C17H26BrNO2/c1-4-19-14(11-12-7-5-6-8-12)13-9-10-15(20-2)16(18)17(13)21-3/h9-10,12,14,19H,4-8,11H2,1-3H3. The Morgan fingerprint density at radius 3 is 2.52 bits per heavy atom. The van der Waals surface area contributed by atoms with E-state index in [1.54, 1.807) is 14.2 Å². The second kappa shape index (κ2) is 8.04. The van der Waals surface area contributed by atoms with E-state index in [2.05, 4.69) is 34.2 Å². The van der Waals surface area contributed by atoms with Crippen molar-refractivity contribution in [1.82, 2.24) is 5.32 Å². The molecular formula is C17H26BrNO2. The van der Waals surface area contributed by atoms with Gasteiger partial charge in [0.05, 0.1) is 14.2 Å². The Kier molecular flexibility index (Phi) is 6.37. The van der Waals surface area contributed by atoms with Gasteiger partial charge in [-0.1, -0.05) is 32.6 Å². The zero-order valence-electron chi connectivity index (χ0n) is 13.2. The van der Waals surface area contributed by atoms with Crippen LogP contribution in [-0.4, -0.2) is 20.8 Å². The van der Waals surface area contributed by atoms with Crippen LogP contribution in [0.25, 0.3) is 0 Å². The normalized spacial score (nSPS) is 17.0. The van der Waals surface area contributed by atoms with Crippen LogP contribution in [-0.2, 0) is 0 Å². The molecule has 0 amide bonds. The first kappa shape index (κ1) is 16.6. The van der Waals surface area contributed by atoms with Crippen LogP contribution < -0.4 is 14.8 Å². The lowest BCUT2D eigenvalue weighted by atomic mass is 9.93. The van der Waals surface area contributed by atoms with Gasteiger partial charge in [0, 0.05) is 11.6 Å². The van der Waals surface area contributed by atoms with Gasteiger partial charge in [-0.25, -0.2) is 0 Å². The van der Waals surface area contributed by atoms with Crippen LogP contribution in [0, 0.1) is 5.92 Å². The molecule has 0 radical (unpaired) electrons. The lowest BCUT2D eigenvalue weighted by Gasteiger charge is -2.24. The molecule has 1 aliphatic rings. The second-order valence-electron chi connectivity index (χ2n) is 5.70. The van der Waals surface area contributed by atoms with E-state index < -0.39 is 0 Å². The van der Waals surface area contributed by atoms with Gasteiger partial charge in [-0.3, -0.25) is 0 Å². The van der Waals surface area contributed by atoms with Crippen LogP contribution in [0.4, 0.5) is 0 Å². The summed E-state index contributed by atoms with van der Waals surface area (Å²) in [5.74, 6) is 2.53. The molecule has 3 nitrogen and oxygen atoms in total. The minimum Gasteiger partial charge on any atom is -0.495 e. The molecule has 0 aromatic heterocycles. The van der Waals surface area contributed by atoms with Crippen LogP contribution in [0.5, 0.6) is 11.5 Å². The van der Waals surface area contributed by atoms with E-state index in [0.717, 1.165) is 28.4 Å². The summed E-state index contributed by atoms with van der Waals surface area (Å²) in [5, 5.41) is 3.62. The molecule has 118 valence electrons. The number of rotatable bonds is 7. The van der Waals surface area contributed by atoms with Gasteiger partial charge in [0.1, 0.15) is 16.0 Å². The molecule has 1 unspecified atom stereocenters. The van der Waals surface area contributed by atoms with Crippen molar-refractivity contribution in [2.75, 3.05) is 20.8 Å². The van der Waals surface area contributed by atoms with E-state index in [-0.39, 0.29) is 0 Å². The summed E-state index contributed by atoms with van der Waals surface area (Å²) in [6.07, 6.45) is 6.67. The zero-order valence-corrected chi connectivity index (χ0v) is 14.8. The van der Waals surface area contributed by atoms with E-state index in [4.69, 9.17) is 9.47 Å². The lowest BCUT2D eigenvalue weighted by molar-refractivity contribution is 0.361. The third-order valence-corrected chi connectivity index (χ3v) is 5.14. The Balaban J connectivity index is 2.27. The van der Waals surface area contributed by atoms with Gasteiger partial charge in [0.15, 0.2) is 0 Å². The molecule has 1 fully saturated rings. The predicted octanol–water partition coefficient (Wildman–Crippen LogP) is 4.70. The third kappa shape index (κ3) is 3.92. The van der Waals surface area contributed by atoms with E-state index >= 15 is 0 Å². The quantitative estimate of drug-likeness (QED) is 0.768. The first-order valence-electron chi connectivity index (χ1n) is 7.85. The number of methoxy groups -OCH3 is 2. The molecule has 0 spiro atoms. The zero-order chi connectivity index (χ0) is 15.2. The average Bonchev–Trinajstić information content (AvgIpc) is 2.99. The van der Waals surface area contributed by atoms with Crippen LogP contribution in [0.15, 0.2) is 16.6 Å². The first-order chi connectivity index (χ1) is 10.2. The molecule has 1 atom stereocenters. The largest absolute Gasteiger partial charge is 0.495 e. The summed E-state index contributed by atoms with van der Waals surface area (Å²) in [6.45, 7) is 3.12. The molecule has 1 aromatic rings. The van der Waals surface area contributed by atoms with Crippen molar-refractivity contribution in [2.45, 2.75) is 45.1 Å². The molecule has 21 heavy (non-hydrogen) atoms. The topological polar surface area (TPSA) is 30.5 Å². The highest BCUT2D eigenvalue weighted by atomic mass is 79.9. The van der Waals surface area contributed by atoms with Crippen molar-refractivity contribution < 1.29 is 9.47 Å². The van der Waals surface area contributed by atoms with Crippen molar-refractivity contribution in [3.8, 4) is 11.5 Å². The Morgan fingerprint density at radius 1 is 1.24 bits per heavy atom. The van der Waals surface area contributed by atoms with Gasteiger partial charge >= 0.3 is 0 Å². The number of hydrogen-bond donors (Lipinski definition) is 1.